The summed E-state index contributed by atoms with van der Waals surface area (Å²) >= 11 is 1.75. The van der Waals surface area contributed by atoms with Gasteiger partial charge in [-0.1, -0.05) is 44.2 Å². The van der Waals surface area contributed by atoms with Crippen molar-refractivity contribution in [2.24, 2.45) is 5.73 Å². The van der Waals surface area contributed by atoms with Crippen LogP contribution in [-0.4, -0.2) is 39.9 Å². The largest absolute Gasteiger partial charge is 0.368 e. The molecule has 5 rings (SSSR count). The fraction of sp³-hybridized carbons (Fsp3) is 0.222. The van der Waals surface area contributed by atoms with E-state index in [1.807, 2.05) is 51.1 Å². The molecule has 188 valence electrons. The normalized spacial score (nSPS) is 14.9. The molecule has 2 aromatic heterocycles. The molecule has 36 heavy (non-hydrogen) atoms. The molecule has 2 aliphatic rings. The van der Waals surface area contributed by atoms with Gasteiger partial charge in [0, 0.05) is 39.9 Å². The van der Waals surface area contributed by atoms with Crippen molar-refractivity contribution in [2.75, 3.05) is 18.1 Å². The standard InChI is InChI=1S/C23H19N5OS.C2H6.CH5N.CH2O/c24-23-26-12-16(13-27-23)18-7-5-15(11-25-18)9-14-6-8-21-19(10-14)28-22(29)17-3-1-2-4-20(17)30-21;3*1-2/h1-3,5-8,10-13,20H,4,9H2,(H,28,29)(H2,24,26,27);1-2H3;2H2,1H3;1H2. The number of nitrogens with zero attached hydrogens (tertiary/aromatic N) is 3. The highest BCUT2D eigenvalue weighted by Gasteiger charge is 2.27. The Labute approximate surface area is 216 Å². The van der Waals surface area contributed by atoms with E-state index in [2.05, 4.69) is 50.3 Å². The maximum atomic E-state index is 12.6. The average molecular weight is 505 g/mol. The highest BCUT2D eigenvalue weighted by molar-refractivity contribution is 8.00. The van der Waals surface area contributed by atoms with Gasteiger partial charge in [-0.05, 0) is 49.2 Å². The van der Waals surface area contributed by atoms with Gasteiger partial charge in [0.1, 0.15) is 6.79 Å². The second kappa shape index (κ2) is 14.6. The summed E-state index contributed by atoms with van der Waals surface area (Å²) in [4.78, 5) is 34.3. The number of pyridine rings is 1. The van der Waals surface area contributed by atoms with Crippen LogP contribution in [0.3, 0.4) is 0 Å². The third-order valence-corrected chi connectivity index (χ3v) is 6.47. The maximum Gasteiger partial charge on any atom is 0.252 e. The van der Waals surface area contributed by atoms with E-state index in [1.54, 1.807) is 24.2 Å². The Kier molecular flexibility index (Phi) is 11.5. The Morgan fingerprint density at radius 2 is 1.72 bits per heavy atom. The summed E-state index contributed by atoms with van der Waals surface area (Å²) in [6.45, 7) is 6.00. The van der Waals surface area contributed by atoms with Gasteiger partial charge in [0.25, 0.3) is 5.91 Å². The zero-order valence-electron chi connectivity index (χ0n) is 20.8. The van der Waals surface area contributed by atoms with Gasteiger partial charge >= 0.3 is 0 Å². The van der Waals surface area contributed by atoms with Crippen molar-refractivity contribution in [3.8, 4) is 11.3 Å². The van der Waals surface area contributed by atoms with E-state index in [0.717, 1.165) is 51.4 Å². The Morgan fingerprint density at radius 3 is 2.39 bits per heavy atom. The molecular formula is C27H32N6O2S. The zero-order valence-corrected chi connectivity index (χ0v) is 21.6. The third kappa shape index (κ3) is 7.10. The first-order valence-corrected chi connectivity index (χ1v) is 12.4. The molecule has 1 unspecified atom stereocenters. The Bertz CT molecular complexity index is 1190. The van der Waals surface area contributed by atoms with Crippen LogP contribution in [0.2, 0.25) is 0 Å². The summed E-state index contributed by atoms with van der Waals surface area (Å²) in [6.07, 6.45) is 12.8. The van der Waals surface area contributed by atoms with Crippen molar-refractivity contribution in [3.05, 3.63) is 83.9 Å². The van der Waals surface area contributed by atoms with Crippen molar-refractivity contribution in [1.82, 2.24) is 15.0 Å². The van der Waals surface area contributed by atoms with Crippen molar-refractivity contribution in [3.63, 3.8) is 0 Å². The van der Waals surface area contributed by atoms with Gasteiger partial charge in [0.2, 0.25) is 5.95 Å². The molecule has 5 N–H and O–H groups in total. The topological polar surface area (TPSA) is 137 Å². The number of nitrogen functional groups attached to an aromatic ring is 1. The van der Waals surface area contributed by atoms with E-state index >= 15 is 0 Å². The predicted octanol–water partition coefficient (Wildman–Crippen LogP) is 4.43. The van der Waals surface area contributed by atoms with Crippen LogP contribution in [-0.2, 0) is 16.0 Å². The van der Waals surface area contributed by atoms with Crippen LogP contribution in [0.25, 0.3) is 11.3 Å². The summed E-state index contributed by atoms with van der Waals surface area (Å²) in [5.41, 5.74) is 15.6. The Balaban J connectivity index is 0.000000710. The van der Waals surface area contributed by atoms with Crippen LogP contribution in [0.15, 0.2) is 77.6 Å². The number of thioether (sulfide) groups is 1. The summed E-state index contributed by atoms with van der Waals surface area (Å²) in [7, 11) is 1.50. The van der Waals surface area contributed by atoms with Gasteiger partial charge in [-0.25, -0.2) is 9.97 Å². The lowest BCUT2D eigenvalue weighted by molar-refractivity contribution is -0.113. The lowest BCUT2D eigenvalue weighted by Gasteiger charge is -2.16. The Hall–Kier alpha value is -3.82. The molecule has 1 aliphatic heterocycles. The van der Waals surface area contributed by atoms with Crippen LogP contribution in [0.5, 0.6) is 0 Å². The fourth-order valence-electron chi connectivity index (χ4n) is 3.58. The van der Waals surface area contributed by atoms with E-state index in [0.29, 0.717) is 0 Å². The maximum absolute atomic E-state index is 12.6. The zero-order chi connectivity index (χ0) is 26.5. The van der Waals surface area contributed by atoms with Crippen LogP contribution < -0.4 is 16.8 Å². The minimum absolute atomic E-state index is 0.00973. The van der Waals surface area contributed by atoms with Gasteiger partial charge in [0.15, 0.2) is 0 Å². The highest BCUT2D eigenvalue weighted by atomic mass is 32.2. The second-order valence-corrected chi connectivity index (χ2v) is 8.48. The number of hydrogen-bond donors (Lipinski definition) is 3. The van der Waals surface area contributed by atoms with E-state index < -0.39 is 0 Å². The molecule has 1 atom stereocenters. The average Bonchev–Trinajstić information content (AvgIpc) is 3.08. The lowest BCUT2D eigenvalue weighted by Crippen LogP contribution is -2.20. The van der Waals surface area contributed by atoms with Crippen LogP contribution in [0.4, 0.5) is 11.6 Å². The minimum atomic E-state index is -0.00973. The van der Waals surface area contributed by atoms with Crippen molar-refractivity contribution < 1.29 is 9.59 Å². The number of rotatable bonds is 3. The highest BCUT2D eigenvalue weighted by Crippen LogP contribution is 2.40. The number of carbonyl (C=O) groups is 2. The molecular weight excluding hydrogens is 472 g/mol. The molecule has 0 saturated carbocycles. The smallest absolute Gasteiger partial charge is 0.252 e. The molecule has 0 saturated heterocycles. The first-order valence-electron chi connectivity index (χ1n) is 11.5. The van der Waals surface area contributed by atoms with Crippen molar-refractivity contribution in [1.29, 1.82) is 0 Å². The molecule has 3 heterocycles. The molecule has 0 spiro atoms. The summed E-state index contributed by atoms with van der Waals surface area (Å²) in [5.74, 6) is 0.236. The number of nitrogens with one attached hydrogen (secondary N) is 1. The van der Waals surface area contributed by atoms with Crippen molar-refractivity contribution >= 4 is 36.1 Å². The lowest BCUT2D eigenvalue weighted by atomic mass is 10.0. The third-order valence-electron chi connectivity index (χ3n) is 5.13. The van der Waals surface area contributed by atoms with E-state index in [1.165, 1.54) is 7.05 Å². The number of fused-ring (bicyclic) bond motifs is 2. The molecule has 1 aromatic carbocycles. The molecule has 9 heteroatoms. The fourth-order valence-corrected chi connectivity index (χ4v) is 4.79. The van der Waals surface area contributed by atoms with E-state index in [-0.39, 0.29) is 17.1 Å². The number of benzene rings is 1. The number of carbonyl (C=O) groups excluding carboxylic acids is 2. The van der Waals surface area contributed by atoms with Crippen molar-refractivity contribution in [2.45, 2.75) is 36.8 Å². The van der Waals surface area contributed by atoms with E-state index in [4.69, 9.17) is 10.5 Å². The summed E-state index contributed by atoms with van der Waals surface area (Å²) < 4.78 is 0. The number of anilines is 2. The molecule has 1 amide bonds. The van der Waals surface area contributed by atoms with Crippen LogP contribution in [0, 0.1) is 0 Å². The van der Waals surface area contributed by atoms with Gasteiger partial charge < -0.3 is 21.6 Å². The number of hydrogen-bond acceptors (Lipinski definition) is 8. The van der Waals surface area contributed by atoms with Gasteiger partial charge in [-0.2, -0.15) is 0 Å². The van der Waals surface area contributed by atoms with Gasteiger partial charge in [-0.3, -0.25) is 9.78 Å². The summed E-state index contributed by atoms with van der Waals surface area (Å²) in [5, 5.41) is 3.26. The monoisotopic (exact) mass is 504 g/mol. The van der Waals surface area contributed by atoms with Gasteiger partial charge in [-0.15, -0.1) is 11.8 Å². The number of allylic oxidation sites excluding steroid dienone is 3. The molecule has 0 bridgehead atoms. The predicted molar refractivity (Wildman–Crippen MR) is 148 cm³/mol. The minimum Gasteiger partial charge on any atom is -0.368 e. The first-order chi connectivity index (χ1) is 17.7. The van der Waals surface area contributed by atoms with E-state index in [9.17, 15) is 4.79 Å². The number of nitrogens with two attached hydrogens (primary N) is 2. The molecule has 8 nitrogen and oxygen atoms in total. The quantitative estimate of drug-likeness (QED) is 0.476. The van der Waals surface area contributed by atoms with Gasteiger partial charge in [0.05, 0.1) is 11.4 Å². The van der Waals surface area contributed by atoms with Crippen LogP contribution >= 0.6 is 11.8 Å². The molecule has 1 aliphatic carbocycles. The molecule has 0 radical (unpaired) electrons. The number of amides is 1. The molecule has 3 aromatic rings. The summed E-state index contributed by atoms with van der Waals surface area (Å²) in [6, 6.07) is 10.3. The Morgan fingerprint density at radius 1 is 1.03 bits per heavy atom. The number of aromatic nitrogens is 3. The van der Waals surface area contributed by atoms with Crippen LogP contribution in [0.1, 0.15) is 31.4 Å². The molecule has 0 fully saturated rings. The first kappa shape index (κ1) is 28.4. The SMILES string of the molecule is C=O.CC.CN.Nc1ncc(-c2ccc(Cc3ccc4c(c3)NC(=O)C3=CC=CCC3S4)cn2)cn1. The second-order valence-electron chi connectivity index (χ2n) is 7.24.